The van der Waals surface area contributed by atoms with Crippen LogP contribution in [-0.2, 0) is 9.59 Å². The second-order valence-electron chi connectivity index (χ2n) is 6.06. The number of aryl methyl sites for hydroxylation is 2. The summed E-state index contributed by atoms with van der Waals surface area (Å²) in [5, 5.41) is 5.69. The minimum Gasteiger partial charge on any atom is -0.491 e. The fourth-order valence-electron chi connectivity index (χ4n) is 2.73. The number of ether oxygens (including phenoxy) is 1. The Hall–Kier alpha value is -2.82. The number of para-hydroxylation sites is 2. The van der Waals surface area contributed by atoms with Crippen molar-refractivity contribution in [3.8, 4) is 5.75 Å². The number of nitrogens with one attached hydrogen (secondary N) is 2. The Morgan fingerprint density at radius 1 is 1.25 bits per heavy atom. The Morgan fingerprint density at radius 2 is 2.04 bits per heavy atom. The maximum Gasteiger partial charge on any atom is 0.231 e. The highest BCUT2D eigenvalue weighted by Crippen LogP contribution is 2.28. The lowest BCUT2D eigenvalue weighted by atomic mass is 10.0. The molecule has 1 atom stereocenters. The Morgan fingerprint density at radius 3 is 2.83 bits per heavy atom. The first-order chi connectivity index (χ1) is 11.5. The van der Waals surface area contributed by atoms with E-state index in [-0.39, 0.29) is 24.8 Å². The van der Waals surface area contributed by atoms with E-state index in [9.17, 15) is 9.59 Å². The Labute approximate surface area is 141 Å². The second-order valence-corrected chi connectivity index (χ2v) is 6.06. The lowest BCUT2D eigenvalue weighted by Crippen LogP contribution is -2.29. The molecule has 0 aromatic heterocycles. The number of carbonyl (C=O) groups is 2. The molecule has 0 saturated carbocycles. The van der Waals surface area contributed by atoms with Crippen LogP contribution < -0.4 is 15.4 Å². The summed E-state index contributed by atoms with van der Waals surface area (Å²) in [5.74, 6) is -0.293. The first kappa shape index (κ1) is 16.1. The molecule has 3 rings (SSSR count). The fourth-order valence-corrected chi connectivity index (χ4v) is 2.73. The molecule has 24 heavy (non-hydrogen) atoms. The van der Waals surface area contributed by atoms with E-state index in [0.29, 0.717) is 11.4 Å². The molecule has 0 saturated heterocycles. The van der Waals surface area contributed by atoms with Crippen LogP contribution in [-0.4, -0.2) is 18.4 Å². The average molecular weight is 324 g/mol. The summed E-state index contributed by atoms with van der Waals surface area (Å²) in [6, 6.07) is 13.1. The molecule has 1 unspecified atom stereocenters. The molecule has 0 aliphatic carbocycles. The maximum atomic E-state index is 12.3. The van der Waals surface area contributed by atoms with Gasteiger partial charge in [0.2, 0.25) is 11.8 Å². The molecule has 2 aromatic carbocycles. The molecule has 0 fully saturated rings. The van der Waals surface area contributed by atoms with E-state index in [0.717, 1.165) is 16.8 Å². The van der Waals surface area contributed by atoms with Crippen LogP contribution in [0.5, 0.6) is 5.75 Å². The van der Waals surface area contributed by atoms with Gasteiger partial charge in [-0.15, -0.1) is 0 Å². The van der Waals surface area contributed by atoms with Crippen molar-refractivity contribution in [2.45, 2.75) is 20.3 Å². The second kappa shape index (κ2) is 6.74. The Kier molecular flexibility index (Phi) is 4.51. The largest absolute Gasteiger partial charge is 0.491 e. The molecule has 5 nitrogen and oxygen atoms in total. The van der Waals surface area contributed by atoms with Crippen molar-refractivity contribution >= 4 is 23.2 Å². The zero-order chi connectivity index (χ0) is 17.1. The third kappa shape index (κ3) is 3.56. The van der Waals surface area contributed by atoms with Gasteiger partial charge in [-0.05, 0) is 37.6 Å². The zero-order valence-electron chi connectivity index (χ0n) is 13.8. The minimum absolute atomic E-state index is 0.0765. The van der Waals surface area contributed by atoms with Crippen LogP contribution in [0.2, 0.25) is 0 Å². The van der Waals surface area contributed by atoms with Crippen LogP contribution in [0, 0.1) is 19.8 Å². The molecule has 2 N–H and O–H groups in total. The van der Waals surface area contributed by atoms with Crippen LogP contribution in [0.25, 0.3) is 0 Å². The standard InChI is InChI=1S/C19H20N2O3/c1-12-7-8-15(13(2)9-12)20-18(22)10-14-11-24-17-6-4-3-5-16(17)21-19(14)23/h3-9,14H,10-11H2,1-2H3,(H,20,22)(H,21,23). The van der Waals surface area contributed by atoms with E-state index < -0.39 is 5.92 Å². The summed E-state index contributed by atoms with van der Waals surface area (Å²) in [6.45, 7) is 4.13. The van der Waals surface area contributed by atoms with Gasteiger partial charge >= 0.3 is 0 Å². The summed E-state index contributed by atoms with van der Waals surface area (Å²) in [7, 11) is 0. The van der Waals surface area contributed by atoms with E-state index >= 15 is 0 Å². The summed E-state index contributed by atoms with van der Waals surface area (Å²) >= 11 is 0. The van der Waals surface area contributed by atoms with E-state index in [2.05, 4.69) is 10.6 Å². The van der Waals surface area contributed by atoms with Gasteiger partial charge < -0.3 is 15.4 Å². The van der Waals surface area contributed by atoms with Crippen molar-refractivity contribution < 1.29 is 14.3 Å². The molecule has 0 radical (unpaired) electrons. The lowest BCUT2D eigenvalue weighted by molar-refractivity contribution is -0.125. The van der Waals surface area contributed by atoms with Crippen LogP contribution in [0.15, 0.2) is 42.5 Å². The van der Waals surface area contributed by atoms with Gasteiger partial charge in [-0.2, -0.15) is 0 Å². The molecule has 0 spiro atoms. The van der Waals surface area contributed by atoms with Crippen molar-refractivity contribution in [1.82, 2.24) is 0 Å². The molecule has 1 aliphatic heterocycles. The number of fused-ring (bicyclic) bond motifs is 1. The SMILES string of the molecule is Cc1ccc(NC(=O)CC2COc3ccccc3NC2=O)c(C)c1. The van der Waals surface area contributed by atoms with Crippen LogP contribution in [0.4, 0.5) is 11.4 Å². The van der Waals surface area contributed by atoms with Crippen LogP contribution >= 0.6 is 0 Å². The van der Waals surface area contributed by atoms with Gasteiger partial charge in [0.05, 0.1) is 11.6 Å². The van der Waals surface area contributed by atoms with Gasteiger partial charge in [0.1, 0.15) is 12.4 Å². The van der Waals surface area contributed by atoms with E-state index in [1.54, 1.807) is 12.1 Å². The number of hydrogen-bond acceptors (Lipinski definition) is 3. The molecule has 0 bridgehead atoms. The highest BCUT2D eigenvalue weighted by Gasteiger charge is 2.27. The number of rotatable bonds is 3. The predicted octanol–water partition coefficient (Wildman–Crippen LogP) is 3.28. The third-order valence-electron chi connectivity index (χ3n) is 4.04. The number of anilines is 2. The highest BCUT2D eigenvalue weighted by atomic mass is 16.5. The monoisotopic (exact) mass is 324 g/mol. The van der Waals surface area contributed by atoms with Crippen molar-refractivity contribution in [3.05, 3.63) is 53.6 Å². The summed E-state index contributed by atoms with van der Waals surface area (Å²) < 4.78 is 5.66. The average Bonchev–Trinajstić information content (AvgIpc) is 2.70. The molecule has 5 heteroatoms. The summed E-state index contributed by atoms with van der Waals surface area (Å²) in [5.41, 5.74) is 3.54. The zero-order valence-corrected chi connectivity index (χ0v) is 13.8. The molecule has 2 aromatic rings. The van der Waals surface area contributed by atoms with E-state index in [4.69, 9.17) is 4.74 Å². The number of carbonyl (C=O) groups excluding carboxylic acids is 2. The smallest absolute Gasteiger partial charge is 0.231 e. The minimum atomic E-state index is -0.525. The normalized spacial score (nSPS) is 16.4. The molecular formula is C19H20N2O3. The Balaban J connectivity index is 1.65. The predicted molar refractivity (Wildman–Crippen MR) is 93.2 cm³/mol. The van der Waals surface area contributed by atoms with Crippen molar-refractivity contribution in [2.75, 3.05) is 17.2 Å². The fraction of sp³-hybridized carbons (Fsp3) is 0.263. The first-order valence-corrected chi connectivity index (χ1v) is 7.93. The molecule has 2 amide bonds. The molecule has 1 aliphatic rings. The number of benzene rings is 2. The van der Waals surface area contributed by atoms with Crippen LogP contribution in [0.3, 0.4) is 0 Å². The van der Waals surface area contributed by atoms with Crippen LogP contribution in [0.1, 0.15) is 17.5 Å². The van der Waals surface area contributed by atoms with E-state index in [1.165, 1.54) is 0 Å². The molecule has 124 valence electrons. The number of amides is 2. The van der Waals surface area contributed by atoms with Gasteiger partial charge in [0.25, 0.3) is 0 Å². The van der Waals surface area contributed by atoms with Crippen molar-refractivity contribution in [2.24, 2.45) is 5.92 Å². The summed E-state index contributed by atoms with van der Waals surface area (Å²) in [6.07, 6.45) is 0.0765. The Bertz CT molecular complexity index is 786. The molecule has 1 heterocycles. The summed E-state index contributed by atoms with van der Waals surface area (Å²) in [4.78, 5) is 24.6. The highest BCUT2D eigenvalue weighted by molar-refractivity contribution is 5.99. The first-order valence-electron chi connectivity index (χ1n) is 7.93. The molecular weight excluding hydrogens is 304 g/mol. The quantitative estimate of drug-likeness (QED) is 0.910. The third-order valence-corrected chi connectivity index (χ3v) is 4.04. The lowest BCUT2D eigenvalue weighted by Gasteiger charge is -2.14. The maximum absolute atomic E-state index is 12.3. The van der Waals surface area contributed by atoms with Gasteiger partial charge in [-0.1, -0.05) is 29.8 Å². The van der Waals surface area contributed by atoms with Gasteiger partial charge in [0, 0.05) is 12.1 Å². The van der Waals surface area contributed by atoms with Gasteiger partial charge in [0.15, 0.2) is 0 Å². The van der Waals surface area contributed by atoms with Gasteiger partial charge in [-0.25, -0.2) is 0 Å². The van der Waals surface area contributed by atoms with Crippen molar-refractivity contribution in [1.29, 1.82) is 0 Å². The van der Waals surface area contributed by atoms with Gasteiger partial charge in [-0.3, -0.25) is 9.59 Å². The van der Waals surface area contributed by atoms with Crippen molar-refractivity contribution in [3.63, 3.8) is 0 Å². The topological polar surface area (TPSA) is 67.4 Å². The van der Waals surface area contributed by atoms with E-state index in [1.807, 2.05) is 44.2 Å². The number of hydrogen-bond donors (Lipinski definition) is 2.